The molecule has 2 aromatic heterocycles. The molecule has 2 aromatic carbocycles. The fourth-order valence-electron chi connectivity index (χ4n) is 2.99. The summed E-state index contributed by atoms with van der Waals surface area (Å²) in [6.45, 7) is 1.99. The molecule has 0 saturated carbocycles. The number of rotatable bonds is 6. The highest BCUT2D eigenvalue weighted by Crippen LogP contribution is 2.26. The Kier molecular flexibility index (Phi) is 5.38. The van der Waals surface area contributed by atoms with Crippen LogP contribution in [0.1, 0.15) is 15.9 Å². The molecule has 2 heterocycles. The maximum absolute atomic E-state index is 13.0. The number of amides is 1. The fourth-order valence-corrected chi connectivity index (χ4v) is 2.99. The van der Waals surface area contributed by atoms with E-state index in [0.29, 0.717) is 17.1 Å². The standard InChI is InChI=1S/C22H20N6O2/c1-15-8-6-7-11-17(15)20-18(14-28(27-20)16-9-4-3-5-10-16)21(29)25-26-22-23-13-12-19(24-22)30-2/h3-14H,1-2H3,(H,25,29)(H,23,24,26). The summed E-state index contributed by atoms with van der Waals surface area (Å²) in [6.07, 6.45) is 3.24. The van der Waals surface area contributed by atoms with Crippen molar-refractivity contribution >= 4 is 11.9 Å². The van der Waals surface area contributed by atoms with Gasteiger partial charge in [0.1, 0.15) is 5.69 Å². The molecule has 0 bridgehead atoms. The molecule has 8 nitrogen and oxygen atoms in total. The topological polar surface area (TPSA) is 94.0 Å². The summed E-state index contributed by atoms with van der Waals surface area (Å²) in [7, 11) is 1.51. The Bertz CT molecular complexity index is 1170. The second kappa shape index (κ2) is 8.44. The lowest BCUT2D eigenvalue weighted by atomic mass is 10.0. The molecule has 8 heteroatoms. The van der Waals surface area contributed by atoms with Gasteiger partial charge in [-0.2, -0.15) is 10.1 Å². The first kappa shape index (κ1) is 19.1. The van der Waals surface area contributed by atoms with E-state index in [-0.39, 0.29) is 11.9 Å². The first-order chi connectivity index (χ1) is 14.7. The normalized spacial score (nSPS) is 10.5. The molecule has 0 fully saturated rings. The van der Waals surface area contributed by atoms with Crippen molar-refractivity contribution < 1.29 is 9.53 Å². The molecular weight excluding hydrogens is 380 g/mol. The van der Waals surface area contributed by atoms with Crippen LogP contribution < -0.4 is 15.6 Å². The fraction of sp³-hybridized carbons (Fsp3) is 0.0909. The van der Waals surface area contributed by atoms with Crippen LogP contribution in [0.3, 0.4) is 0 Å². The molecule has 4 aromatic rings. The lowest BCUT2D eigenvalue weighted by molar-refractivity contribution is 0.0963. The van der Waals surface area contributed by atoms with Gasteiger partial charge in [0.25, 0.3) is 5.91 Å². The number of hydrogen-bond donors (Lipinski definition) is 2. The number of carbonyl (C=O) groups is 1. The summed E-state index contributed by atoms with van der Waals surface area (Å²) in [5, 5.41) is 4.69. The monoisotopic (exact) mass is 400 g/mol. The van der Waals surface area contributed by atoms with E-state index >= 15 is 0 Å². The van der Waals surface area contributed by atoms with Gasteiger partial charge in [-0.3, -0.25) is 15.6 Å². The average Bonchev–Trinajstić information content (AvgIpc) is 3.24. The number of ether oxygens (including phenoxy) is 1. The summed E-state index contributed by atoms with van der Waals surface area (Å²) in [5.41, 5.74) is 9.13. The number of nitrogens with one attached hydrogen (secondary N) is 2. The molecule has 0 aliphatic heterocycles. The number of carbonyl (C=O) groups excluding carboxylic acids is 1. The summed E-state index contributed by atoms with van der Waals surface area (Å²) >= 11 is 0. The molecule has 30 heavy (non-hydrogen) atoms. The smallest absolute Gasteiger partial charge is 0.273 e. The van der Waals surface area contributed by atoms with Crippen LogP contribution in [0, 0.1) is 6.92 Å². The molecule has 4 rings (SSSR count). The predicted octanol–water partition coefficient (Wildman–Crippen LogP) is 3.40. The molecule has 0 saturated heterocycles. The lowest BCUT2D eigenvalue weighted by Crippen LogP contribution is -2.30. The van der Waals surface area contributed by atoms with Crippen molar-refractivity contribution in [2.24, 2.45) is 0 Å². The van der Waals surface area contributed by atoms with Gasteiger partial charge in [-0.1, -0.05) is 42.5 Å². The Labute approximate surface area is 173 Å². The Morgan fingerprint density at radius 3 is 2.57 bits per heavy atom. The van der Waals surface area contributed by atoms with Crippen molar-refractivity contribution in [3.8, 4) is 22.8 Å². The first-order valence-electron chi connectivity index (χ1n) is 9.30. The van der Waals surface area contributed by atoms with Crippen LogP contribution in [0.5, 0.6) is 5.88 Å². The van der Waals surface area contributed by atoms with Crippen LogP contribution in [0.15, 0.2) is 73.1 Å². The van der Waals surface area contributed by atoms with E-state index in [1.54, 1.807) is 16.9 Å². The number of aromatic nitrogens is 4. The van der Waals surface area contributed by atoms with Gasteiger partial charge >= 0.3 is 0 Å². The van der Waals surface area contributed by atoms with Crippen molar-refractivity contribution in [2.75, 3.05) is 12.5 Å². The molecule has 0 aliphatic carbocycles. The minimum Gasteiger partial charge on any atom is -0.481 e. The zero-order valence-electron chi connectivity index (χ0n) is 16.5. The maximum Gasteiger partial charge on any atom is 0.273 e. The van der Waals surface area contributed by atoms with Crippen molar-refractivity contribution in [3.63, 3.8) is 0 Å². The number of nitrogens with zero attached hydrogens (tertiary/aromatic N) is 4. The van der Waals surface area contributed by atoms with Crippen LogP contribution in [0.25, 0.3) is 16.9 Å². The van der Waals surface area contributed by atoms with E-state index < -0.39 is 0 Å². The molecule has 150 valence electrons. The van der Waals surface area contributed by atoms with Crippen LogP contribution in [-0.4, -0.2) is 32.8 Å². The van der Waals surface area contributed by atoms with Crippen LogP contribution in [0.2, 0.25) is 0 Å². The maximum atomic E-state index is 13.0. The Morgan fingerprint density at radius 2 is 1.80 bits per heavy atom. The number of hydrogen-bond acceptors (Lipinski definition) is 6. The number of aryl methyl sites for hydroxylation is 1. The van der Waals surface area contributed by atoms with Crippen LogP contribution in [0.4, 0.5) is 5.95 Å². The SMILES string of the molecule is COc1ccnc(NNC(=O)c2cn(-c3ccccc3)nc2-c2ccccc2C)n1. The van der Waals surface area contributed by atoms with Crippen LogP contribution in [-0.2, 0) is 0 Å². The van der Waals surface area contributed by atoms with Gasteiger partial charge in [-0.25, -0.2) is 9.67 Å². The summed E-state index contributed by atoms with van der Waals surface area (Å²) in [4.78, 5) is 21.2. The quantitative estimate of drug-likeness (QED) is 0.482. The van der Waals surface area contributed by atoms with E-state index in [1.807, 2.05) is 61.5 Å². The van der Waals surface area contributed by atoms with Gasteiger partial charge in [-0.15, -0.1) is 0 Å². The van der Waals surface area contributed by atoms with Gasteiger partial charge < -0.3 is 4.74 Å². The number of anilines is 1. The summed E-state index contributed by atoms with van der Waals surface area (Å²) in [6, 6.07) is 19.1. The zero-order valence-corrected chi connectivity index (χ0v) is 16.5. The molecular formula is C22H20N6O2. The van der Waals surface area contributed by atoms with E-state index in [1.165, 1.54) is 13.3 Å². The molecule has 0 radical (unpaired) electrons. The highest BCUT2D eigenvalue weighted by molar-refractivity contribution is 6.00. The average molecular weight is 400 g/mol. The van der Waals surface area contributed by atoms with Gasteiger partial charge in [0.05, 0.1) is 18.4 Å². The summed E-state index contributed by atoms with van der Waals surface area (Å²) < 4.78 is 6.76. The minimum absolute atomic E-state index is 0.218. The number of methoxy groups -OCH3 is 1. The Balaban J connectivity index is 1.67. The Hall–Kier alpha value is -4.20. The van der Waals surface area contributed by atoms with E-state index in [4.69, 9.17) is 9.84 Å². The first-order valence-corrected chi connectivity index (χ1v) is 9.30. The van der Waals surface area contributed by atoms with Gasteiger partial charge in [-0.05, 0) is 24.6 Å². The molecule has 2 N–H and O–H groups in total. The highest BCUT2D eigenvalue weighted by Gasteiger charge is 2.20. The van der Waals surface area contributed by atoms with Crippen molar-refractivity contribution in [2.45, 2.75) is 6.92 Å². The molecule has 0 spiro atoms. The minimum atomic E-state index is -0.359. The van der Waals surface area contributed by atoms with Gasteiger partial charge in [0.15, 0.2) is 0 Å². The number of hydrazine groups is 1. The van der Waals surface area contributed by atoms with Crippen molar-refractivity contribution in [1.82, 2.24) is 25.2 Å². The predicted molar refractivity (Wildman–Crippen MR) is 113 cm³/mol. The molecule has 1 amide bonds. The van der Waals surface area contributed by atoms with Crippen molar-refractivity contribution in [3.05, 3.63) is 84.2 Å². The molecule has 0 aliphatic rings. The number of para-hydroxylation sites is 1. The second-order valence-electron chi connectivity index (χ2n) is 6.49. The van der Waals surface area contributed by atoms with Crippen LogP contribution >= 0.6 is 0 Å². The van der Waals surface area contributed by atoms with E-state index in [2.05, 4.69) is 20.8 Å². The van der Waals surface area contributed by atoms with Crippen molar-refractivity contribution in [1.29, 1.82) is 0 Å². The van der Waals surface area contributed by atoms with Gasteiger partial charge in [0, 0.05) is 24.0 Å². The molecule has 0 unspecified atom stereocenters. The van der Waals surface area contributed by atoms with Gasteiger partial charge in [0.2, 0.25) is 11.8 Å². The highest BCUT2D eigenvalue weighted by atomic mass is 16.5. The lowest BCUT2D eigenvalue weighted by Gasteiger charge is -2.08. The summed E-state index contributed by atoms with van der Waals surface area (Å²) in [5.74, 6) is 0.247. The second-order valence-corrected chi connectivity index (χ2v) is 6.49. The van der Waals surface area contributed by atoms with E-state index in [9.17, 15) is 4.79 Å². The molecule has 0 atom stereocenters. The van der Waals surface area contributed by atoms with E-state index in [0.717, 1.165) is 16.8 Å². The third-order valence-corrected chi connectivity index (χ3v) is 4.51. The largest absolute Gasteiger partial charge is 0.481 e. The third-order valence-electron chi connectivity index (χ3n) is 4.51. The zero-order chi connectivity index (χ0) is 20.9. The Morgan fingerprint density at radius 1 is 1.03 bits per heavy atom. The third kappa shape index (κ3) is 3.97. The number of benzene rings is 2.